The summed E-state index contributed by atoms with van der Waals surface area (Å²) in [6.45, 7) is 1.32. The number of likely N-dealkylation sites (tertiary alicyclic amines) is 1. The number of hydrogen-bond acceptors (Lipinski definition) is 4. The summed E-state index contributed by atoms with van der Waals surface area (Å²) in [6, 6.07) is 7.85. The highest BCUT2D eigenvalue weighted by Gasteiger charge is 2.28. The molecule has 0 bridgehead atoms. The number of halogens is 1. The van der Waals surface area contributed by atoms with Crippen molar-refractivity contribution in [3.63, 3.8) is 0 Å². The summed E-state index contributed by atoms with van der Waals surface area (Å²) in [6.07, 6.45) is 1.89. The highest BCUT2D eigenvalue weighted by atomic mass is 35.5. The van der Waals surface area contributed by atoms with Crippen molar-refractivity contribution in [2.75, 3.05) is 24.6 Å². The van der Waals surface area contributed by atoms with E-state index in [4.69, 9.17) is 17.3 Å². The van der Waals surface area contributed by atoms with Gasteiger partial charge in [0.15, 0.2) is 9.84 Å². The number of rotatable bonds is 7. The van der Waals surface area contributed by atoms with Crippen LogP contribution in [0.3, 0.4) is 0 Å². The van der Waals surface area contributed by atoms with E-state index >= 15 is 0 Å². The lowest BCUT2D eigenvalue weighted by molar-refractivity contribution is -0.117. The van der Waals surface area contributed by atoms with Crippen molar-refractivity contribution < 1.29 is 13.2 Å². The van der Waals surface area contributed by atoms with Gasteiger partial charge in [-0.05, 0) is 31.0 Å². The average molecular weight is 345 g/mol. The molecule has 2 N–H and O–H groups in total. The lowest BCUT2D eigenvalue weighted by Crippen LogP contribution is -2.30. The van der Waals surface area contributed by atoms with Crippen LogP contribution < -0.4 is 5.73 Å². The Kier molecular flexibility index (Phi) is 5.83. The first-order chi connectivity index (χ1) is 10.4. The molecule has 5 nitrogen and oxygen atoms in total. The third-order valence-electron chi connectivity index (χ3n) is 3.98. The first-order valence-corrected chi connectivity index (χ1v) is 9.56. The van der Waals surface area contributed by atoms with Crippen molar-refractivity contribution >= 4 is 27.3 Å². The molecule has 0 aliphatic carbocycles. The number of nitrogens with two attached hydrogens (primary N) is 1. The van der Waals surface area contributed by atoms with Crippen LogP contribution in [0, 0.1) is 0 Å². The van der Waals surface area contributed by atoms with Crippen molar-refractivity contribution in [3.05, 3.63) is 34.9 Å². The van der Waals surface area contributed by atoms with Gasteiger partial charge in [-0.2, -0.15) is 0 Å². The molecule has 1 aromatic carbocycles. The van der Waals surface area contributed by atoms with Gasteiger partial charge in [-0.1, -0.05) is 29.8 Å². The number of sulfone groups is 1. The molecule has 22 heavy (non-hydrogen) atoms. The smallest absolute Gasteiger partial charge is 0.218 e. The van der Waals surface area contributed by atoms with Gasteiger partial charge in [-0.3, -0.25) is 9.69 Å². The van der Waals surface area contributed by atoms with E-state index in [1.54, 1.807) is 0 Å². The van der Waals surface area contributed by atoms with Crippen LogP contribution in [0.5, 0.6) is 0 Å². The third-order valence-corrected chi connectivity index (χ3v) is 5.95. The Morgan fingerprint density at radius 2 is 2.05 bits per heavy atom. The Bertz CT molecular complexity index is 633. The summed E-state index contributed by atoms with van der Waals surface area (Å²) in [7, 11) is -3.26. The molecule has 0 unspecified atom stereocenters. The number of benzene rings is 1. The Hall–Kier alpha value is -1.11. The van der Waals surface area contributed by atoms with Gasteiger partial charge in [0.25, 0.3) is 0 Å². The molecule has 1 atom stereocenters. The highest BCUT2D eigenvalue weighted by molar-refractivity contribution is 7.91. The van der Waals surface area contributed by atoms with Crippen molar-refractivity contribution in [1.82, 2.24) is 4.90 Å². The summed E-state index contributed by atoms with van der Waals surface area (Å²) < 4.78 is 23.9. The lowest BCUT2D eigenvalue weighted by Gasteiger charge is -2.25. The van der Waals surface area contributed by atoms with Gasteiger partial charge < -0.3 is 5.73 Å². The van der Waals surface area contributed by atoms with Crippen molar-refractivity contribution in [3.8, 4) is 0 Å². The molecule has 7 heteroatoms. The van der Waals surface area contributed by atoms with Crippen LogP contribution in [0.4, 0.5) is 0 Å². The zero-order valence-corrected chi connectivity index (χ0v) is 13.9. The fraction of sp³-hybridized carbons (Fsp3) is 0.533. The predicted molar refractivity (Wildman–Crippen MR) is 87.5 cm³/mol. The largest absolute Gasteiger partial charge is 0.370 e. The van der Waals surface area contributed by atoms with E-state index in [1.807, 2.05) is 24.3 Å². The van der Waals surface area contributed by atoms with Crippen LogP contribution in [0.15, 0.2) is 24.3 Å². The van der Waals surface area contributed by atoms with Crippen molar-refractivity contribution in [1.29, 1.82) is 0 Å². The van der Waals surface area contributed by atoms with E-state index in [2.05, 4.69) is 4.90 Å². The van der Waals surface area contributed by atoms with Crippen LogP contribution in [0.2, 0.25) is 5.02 Å². The zero-order valence-electron chi connectivity index (χ0n) is 12.4. The molecule has 1 heterocycles. The van der Waals surface area contributed by atoms with E-state index in [-0.39, 0.29) is 24.0 Å². The predicted octanol–water partition coefficient (Wildman–Crippen LogP) is 1.77. The number of nitrogens with zero attached hydrogens (tertiary/aromatic N) is 1. The van der Waals surface area contributed by atoms with Gasteiger partial charge in [0, 0.05) is 24.0 Å². The fourth-order valence-corrected chi connectivity index (χ4v) is 4.30. The molecular weight excluding hydrogens is 324 g/mol. The highest BCUT2D eigenvalue weighted by Crippen LogP contribution is 2.35. The maximum absolute atomic E-state index is 11.9. The maximum atomic E-state index is 11.9. The second kappa shape index (κ2) is 7.44. The van der Waals surface area contributed by atoms with Crippen LogP contribution in [-0.2, 0) is 14.6 Å². The molecule has 0 spiro atoms. The number of amides is 1. The van der Waals surface area contributed by atoms with Gasteiger partial charge in [0.2, 0.25) is 5.91 Å². The summed E-state index contributed by atoms with van der Waals surface area (Å²) in [5, 5.41) is 0.719. The van der Waals surface area contributed by atoms with Gasteiger partial charge in [0.05, 0.1) is 11.5 Å². The molecule has 0 saturated carbocycles. The normalized spacial score (nSPS) is 19.4. The number of carbonyl (C=O) groups excluding carboxylic acids is 1. The summed E-state index contributed by atoms with van der Waals surface area (Å²) >= 11 is 6.25. The first kappa shape index (κ1) is 17.2. The Morgan fingerprint density at radius 1 is 1.32 bits per heavy atom. The molecule has 2 rings (SSSR count). The molecule has 0 radical (unpaired) electrons. The average Bonchev–Trinajstić information content (AvgIpc) is 2.92. The minimum Gasteiger partial charge on any atom is -0.370 e. The summed E-state index contributed by atoms with van der Waals surface area (Å²) in [5.41, 5.74) is 6.06. The van der Waals surface area contributed by atoms with Gasteiger partial charge in [-0.25, -0.2) is 8.42 Å². The summed E-state index contributed by atoms with van der Waals surface area (Å²) in [4.78, 5) is 12.9. The van der Waals surface area contributed by atoms with Crippen LogP contribution in [0.25, 0.3) is 0 Å². The molecule has 1 aromatic rings. The topological polar surface area (TPSA) is 80.5 Å². The zero-order chi connectivity index (χ0) is 16.2. The Balaban J connectivity index is 1.97. The van der Waals surface area contributed by atoms with Crippen LogP contribution in [-0.4, -0.2) is 43.8 Å². The van der Waals surface area contributed by atoms with E-state index in [0.29, 0.717) is 6.54 Å². The second-order valence-electron chi connectivity index (χ2n) is 5.58. The fourth-order valence-electron chi connectivity index (χ4n) is 2.81. The van der Waals surface area contributed by atoms with Crippen molar-refractivity contribution in [2.24, 2.45) is 5.73 Å². The second-order valence-corrected chi connectivity index (χ2v) is 8.29. The minimum atomic E-state index is -3.26. The molecular formula is C15H21ClN2O3S. The molecule has 1 fully saturated rings. The third kappa shape index (κ3) is 4.69. The molecule has 122 valence electrons. The first-order valence-electron chi connectivity index (χ1n) is 7.36. The van der Waals surface area contributed by atoms with Crippen LogP contribution in [0.1, 0.15) is 30.9 Å². The quantitative estimate of drug-likeness (QED) is 0.817. The van der Waals surface area contributed by atoms with Crippen molar-refractivity contribution in [2.45, 2.75) is 25.3 Å². The number of primary amides is 1. The maximum Gasteiger partial charge on any atom is 0.218 e. The Labute approximate surface area is 136 Å². The SMILES string of the molecule is NC(=O)CCS(=O)(=O)CCN1CCC[C@@H]1c1ccccc1Cl. The van der Waals surface area contributed by atoms with E-state index in [9.17, 15) is 13.2 Å². The Morgan fingerprint density at radius 3 is 2.73 bits per heavy atom. The summed E-state index contributed by atoms with van der Waals surface area (Å²) in [5.74, 6) is -0.715. The molecule has 1 aliphatic rings. The van der Waals surface area contributed by atoms with Crippen LogP contribution >= 0.6 is 11.6 Å². The molecule has 1 saturated heterocycles. The van der Waals surface area contributed by atoms with Gasteiger partial charge in [-0.15, -0.1) is 0 Å². The standard InChI is InChI=1S/C15H21ClN2O3S/c16-13-5-2-1-4-12(13)14-6-3-8-18(14)9-11-22(20,21)10-7-15(17)19/h1-2,4-5,14H,3,6-11H2,(H2,17,19)/t14-/m1/s1. The monoisotopic (exact) mass is 344 g/mol. The number of hydrogen-bond donors (Lipinski definition) is 1. The van der Waals surface area contributed by atoms with E-state index in [0.717, 1.165) is 30.0 Å². The number of carbonyl (C=O) groups is 1. The van der Waals surface area contributed by atoms with Gasteiger partial charge in [0.1, 0.15) is 0 Å². The lowest BCUT2D eigenvalue weighted by atomic mass is 10.0. The van der Waals surface area contributed by atoms with E-state index in [1.165, 1.54) is 0 Å². The molecule has 1 amide bonds. The molecule has 0 aromatic heterocycles. The minimum absolute atomic E-state index is 0.0429. The van der Waals surface area contributed by atoms with Gasteiger partial charge >= 0.3 is 0 Å². The molecule has 1 aliphatic heterocycles. The van der Waals surface area contributed by atoms with E-state index < -0.39 is 15.7 Å².